The van der Waals surface area contributed by atoms with Crippen LogP contribution in [0.4, 0.5) is 0 Å². The van der Waals surface area contributed by atoms with Gasteiger partial charge < -0.3 is 14.8 Å². The van der Waals surface area contributed by atoms with Crippen LogP contribution in [0.1, 0.15) is 58.3 Å². The summed E-state index contributed by atoms with van der Waals surface area (Å²) in [4.78, 5) is 0. The van der Waals surface area contributed by atoms with Crippen LogP contribution in [-0.4, -0.2) is 38.0 Å². The number of hydrogen-bond acceptors (Lipinski definition) is 3. The van der Waals surface area contributed by atoms with E-state index in [4.69, 9.17) is 9.47 Å². The molecular formula is C15H29NO2. The first kappa shape index (κ1) is 14.3. The second-order valence-corrected chi connectivity index (χ2v) is 5.82. The van der Waals surface area contributed by atoms with Crippen LogP contribution in [0, 0.1) is 0 Å². The molecule has 1 N–H and O–H groups in total. The highest BCUT2D eigenvalue weighted by molar-refractivity contribution is 4.87. The monoisotopic (exact) mass is 255 g/mol. The van der Waals surface area contributed by atoms with Crippen molar-refractivity contribution in [2.24, 2.45) is 0 Å². The molecule has 3 heteroatoms. The molecular weight excluding hydrogens is 226 g/mol. The zero-order valence-corrected chi connectivity index (χ0v) is 11.9. The van der Waals surface area contributed by atoms with Gasteiger partial charge >= 0.3 is 0 Å². The average molecular weight is 255 g/mol. The SMILES string of the molecule is CCNCC1(OCC2CCCCO2)CCCCC1. The van der Waals surface area contributed by atoms with E-state index in [2.05, 4.69) is 12.2 Å². The lowest BCUT2D eigenvalue weighted by Crippen LogP contribution is -2.46. The van der Waals surface area contributed by atoms with Crippen LogP contribution in [0.5, 0.6) is 0 Å². The Hall–Kier alpha value is -0.120. The van der Waals surface area contributed by atoms with Gasteiger partial charge in [-0.2, -0.15) is 0 Å². The summed E-state index contributed by atoms with van der Waals surface area (Å²) >= 11 is 0. The summed E-state index contributed by atoms with van der Waals surface area (Å²) in [6, 6.07) is 0. The van der Waals surface area contributed by atoms with Gasteiger partial charge in [0.25, 0.3) is 0 Å². The minimum Gasteiger partial charge on any atom is -0.376 e. The lowest BCUT2D eigenvalue weighted by molar-refractivity contribution is -0.119. The number of hydrogen-bond donors (Lipinski definition) is 1. The Morgan fingerprint density at radius 2 is 2.00 bits per heavy atom. The van der Waals surface area contributed by atoms with Crippen molar-refractivity contribution in [3.63, 3.8) is 0 Å². The van der Waals surface area contributed by atoms with Crippen LogP contribution in [0.25, 0.3) is 0 Å². The van der Waals surface area contributed by atoms with Crippen molar-refractivity contribution in [1.29, 1.82) is 0 Å². The third kappa shape index (κ3) is 4.22. The quantitative estimate of drug-likeness (QED) is 0.791. The van der Waals surface area contributed by atoms with E-state index in [0.717, 1.165) is 26.3 Å². The Labute approximate surface area is 112 Å². The normalized spacial score (nSPS) is 28.2. The minimum absolute atomic E-state index is 0.0923. The van der Waals surface area contributed by atoms with E-state index in [9.17, 15) is 0 Å². The molecule has 1 unspecified atom stereocenters. The number of likely N-dealkylation sites (N-methyl/N-ethyl adjacent to an activating group) is 1. The first-order valence-corrected chi connectivity index (χ1v) is 7.81. The molecule has 2 fully saturated rings. The molecule has 1 aliphatic carbocycles. The molecule has 0 aromatic heterocycles. The van der Waals surface area contributed by atoms with Gasteiger partial charge in [-0.25, -0.2) is 0 Å². The first-order valence-electron chi connectivity index (χ1n) is 7.81. The first-order chi connectivity index (χ1) is 8.85. The van der Waals surface area contributed by atoms with Gasteiger partial charge in [0.2, 0.25) is 0 Å². The molecule has 2 rings (SSSR count). The zero-order valence-electron chi connectivity index (χ0n) is 11.9. The molecule has 0 aromatic rings. The van der Waals surface area contributed by atoms with Gasteiger partial charge in [-0.1, -0.05) is 26.2 Å². The summed E-state index contributed by atoms with van der Waals surface area (Å²) in [5, 5.41) is 3.48. The summed E-state index contributed by atoms with van der Waals surface area (Å²) in [5.41, 5.74) is 0.0923. The number of rotatable bonds is 6. The van der Waals surface area contributed by atoms with Crippen molar-refractivity contribution in [3.05, 3.63) is 0 Å². The molecule has 2 aliphatic rings. The Balaban J connectivity index is 1.79. The topological polar surface area (TPSA) is 30.5 Å². The highest BCUT2D eigenvalue weighted by Gasteiger charge is 2.33. The minimum atomic E-state index is 0.0923. The largest absolute Gasteiger partial charge is 0.376 e. The molecule has 1 atom stereocenters. The molecule has 0 spiro atoms. The third-order valence-electron chi connectivity index (χ3n) is 4.31. The van der Waals surface area contributed by atoms with E-state index in [0.29, 0.717) is 6.10 Å². The molecule has 106 valence electrons. The molecule has 0 aromatic carbocycles. The molecule has 0 radical (unpaired) electrons. The molecule has 1 heterocycles. The smallest absolute Gasteiger partial charge is 0.0808 e. The highest BCUT2D eigenvalue weighted by atomic mass is 16.5. The third-order valence-corrected chi connectivity index (χ3v) is 4.31. The Bertz CT molecular complexity index is 221. The predicted molar refractivity (Wildman–Crippen MR) is 73.9 cm³/mol. The Kier molecular flexibility index (Phi) is 5.93. The van der Waals surface area contributed by atoms with Gasteiger partial charge in [-0.3, -0.25) is 0 Å². The fourth-order valence-electron chi connectivity index (χ4n) is 3.13. The molecule has 1 aliphatic heterocycles. The Morgan fingerprint density at radius 1 is 1.17 bits per heavy atom. The maximum atomic E-state index is 6.32. The second-order valence-electron chi connectivity index (χ2n) is 5.82. The molecule has 0 bridgehead atoms. The molecule has 0 amide bonds. The maximum absolute atomic E-state index is 6.32. The van der Waals surface area contributed by atoms with E-state index < -0.39 is 0 Å². The molecule has 18 heavy (non-hydrogen) atoms. The maximum Gasteiger partial charge on any atom is 0.0808 e. The van der Waals surface area contributed by atoms with Crippen LogP contribution < -0.4 is 5.32 Å². The van der Waals surface area contributed by atoms with Gasteiger partial charge in [0.1, 0.15) is 0 Å². The fraction of sp³-hybridized carbons (Fsp3) is 1.00. The Morgan fingerprint density at radius 3 is 2.67 bits per heavy atom. The van der Waals surface area contributed by atoms with Crippen LogP contribution in [0.2, 0.25) is 0 Å². The predicted octanol–water partition coefficient (Wildman–Crippen LogP) is 2.88. The van der Waals surface area contributed by atoms with Crippen LogP contribution >= 0.6 is 0 Å². The van der Waals surface area contributed by atoms with Crippen molar-refractivity contribution >= 4 is 0 Å². The summed E-state index contributed by atoms with van der Waals surface area (Å²) in [6.45, 7) is 5.93. The van der Waals surface area contributed by atoms with Crippen LogP contribution in [0.3, 0.4) is 0 Å². The van der Waals surface area contributed by atoms with Crippen LogP contribution in [-0.2, 0) is 9.47 Å². The van der Waals surface area contributed by atoms with Gasteiger partial charge in [-0.05, 0) is 38.6 Å². The van der Waals surface area contributed by atoms with Gasteiger partial charge in [0.05, 0.1) is 18.3 Å². The summed E-state index contributed by atoms with van der Waals surface area (Å²) < 4.78 is 12.1. The van der Waals surface area contributed by atoms with Crippen molar-refractivity contribution < 1.29 is 9.47 Å². The fourth-order valence-corrected chi connectivity index (χ4v) is 3.13. The summed E-state index contributed by atoms with van der Waals surface area (Å²) in [7, 11) is 0. The van der Waals surface area contributed by atoms with E-state index in [1.807, 2.05) is 0 Å². The molecule has 3 nitrogen and oxygen atoms in total. The van der Waals surface area contributed by atoms with Gasteiger partial charge in [0, 0.05) is 13.2 Å². The summed E-state index contributed by atoms with van der Waals surface area (Å²) in [5.74, 6) is 0. The van der Waals surface area contributed by atoms with Crippen molar-refractivity contribution in [1.82, 2.24) is 5.32 Å². The van der Waals surface area contributed by atoms with E-state index in [1.165, 1.54) is 51.4 Å². The van der Waals surface area contributed by atoms with E-state index >= 15 is 0 Å². The zero-order chi connectivity index (χ0) is 12.7. The van der Waals surface area contributed by atoms with Gasteiger partial charge in [0.15, 0.2) is 0 Å². The number of nitrogens with one attached hydrogen (secondary N) is 1. The van der Waals surface area contributed by atoms with Crippen molar-refractivity contribution in [3.8, 4) is 0 Å². The number of ether oxygens (including phenoxy) is 2. The van der Waals surface area contributed by atoms with E-state index in [-0.39, 0.29) is 5.60 Å². The standard InChI is InChI=1S/C15H29NO2/c1-2-16-13-15(9-5-3-6-10-15)18-12-14-8-4-7-11-17-14/h14,16H,2-13H2,1H3. The van der Waals surface area contributed by atoms with E-state index in [1.54, 1.807) is 0 Å². The second kappa shape index (κ2) is 7.46. The average Bonchev–Trinajstić information content (AvgIpc) is 2.45. The van der Waals surface area contributed by atoms with Gasteiger partial charge in [-0.15, -0.1) is 0 Å². The van der Waals surface area contributed by atoms with Crippen LogP contribution in [0.15, 0.2) is 0 Å². The highest BCUT2D eigenvalue weighted by Crippen LogP contribution is 2.32. The summed E-state index contributed by atoms with van der Waals surface area (Å²) in [6.07, 6.45) is 10.5. The molecule has 1 saturated heterocycles. The molecule has 1 saturated carbocycles. The lowest BCUT2D eigenvalue weighted by atomic mass is 9.84. The van der Waals surface area contributed by atoms with Crippen molar-refractivity contribution in [2.45, 2.75) is 70.0 Å². The lowest BCUT2D eigenvalue weighted by Gasteiger charge is -2.39. The van der Waals surface area contributed by atoms with Crippen molar-refractivity contribution in [2.75, 3.05) is 26.3 Å².